The third-order valence-electron chi connectivity index (χ3n) is 14.9. The fourth-order valence-corrected chi connectivity index (χ4v) is 9.65. The summed E-state index contributed by atoms with van der Waals surface area (Å²) in [5, 5.41) is 0. The van der Waals surface area contributed by atoms with Crippen LogP contribution in [0.3, 0.4) is 0 Å². The highest BCUT2D eigenvalue weighted by atomic mass is 14.1. The van der Waals surface area contributed by atoms with E-state index in [9.17, 15) is 0 Å². The van der Waals surface area contributed by atoms with E-state index in [1.165, 1.54) is 139 Å². The van der Waals surface area contributed by atoms with Gasteiger partial charge in [-0.1, -0.05) is 695 Å². The summed E-state index contributed by atoms with van der Waals surface area (Å²) in [6, 6.07) is 101. The molecule has 12 aromatic rings. The van der Waals surface area contributed by atoms with Gasteiger partial charge in [-0.3, -0.25) is 0 Å². The van der Waals surface area contributed by atoms with Crippen LogP contribution in [0.25, 0.3) is 44.5 Å². The van der Waals surface area contributed by atoms with Crippen molar-refractivity contribution in [3.63, 3.8) is 0 Å². The number of rotatable bonds is 4. The average Bonchev–Trinajstić information content (AvgIpc) is 0.849. The van der Waals surface area contributed by atoms with E-state index >= 15 is 0 Å². The van der Waals surface area contributed by atoms with Crippen LogP contribution in [0.5, 0.6) is 0 Å². The van der Waals surface area contributed by atoms with E-state index < -0.39 is 0 Å². The molecule has 12 rings (SSSR count). The van der Waals surface area contributed by atoms with Crippen molar-refractivity contribution in [1.29, 1.82) is 0 Å². The number of aryl methyl sites for hydroxylation is 17. The zero-order valence-electron chi connectivity index (χ0n) is 105. The van der Waals surface area contributed by atoms with Crippen LogP contribution in [0.1, 0.15) is 427 Å². The van der Waals surface area contributed by atoms with Crippen LogP contribution in [0, 0.1) is 118 Å². The maximum absolute atomic E-state index is 2.22. The molecule has 0 atom stereocenters. The molecular weight excluding hydrogens is 1650 g/mol. The second kappa shape index (κ2) is 158. The Hall–Kier alpha value is -9.36. The molecule has 0 aliphatic carbocycles. The molecule has 0 aliphatic rings. The van der Waals surface area contributed by atoms with E-state index in [4.69, 9.17) is 0 Å². The normalized spacial score (nSPS) is 7.45. The summed E-state index contributed by atoms with van der Waals surface area (Å²) in [4.78, 5) is 0. The van der Waals surface area contributed by atoms with Crippen LogP contribution in [-0.2, 0) is 0 Å². The summed E-state index contributed by atoms with van der Waals surface area (Å²) < 4.78 is 0. The molecule has 0 saturated heterocycles. The molecule has 0 radical (unpaired) electrons. The van der Waals surface area contributed by atoms with Gasteiger partial charge < -0.3 is 0 Å². The molecule has 0 amide bonds. The van der Waals surface area contributed by atoms with E-state index in [1.54, 1.807) is 0 Å². The molecule has 0 saturated carbocycles. The van der Waals surface area contributed by atoms with Gasteiger partial charge in [0.2, 0.25) is 0 Å². The van der Waals surface area contributed by atoms with Crippen molar-refractivity contribution in [3.8, 4) is 44.5 Å². The lowest BCUT2D eigenvalue weighted by Crippen LogP contribution is -1.82. The van der Waals surface area contributed by atoms with Gasteiger partial charge in [-0.25, -0.2) is 0 Å². The van der Waals surface area contributed by atoms with Crippen LogP contribution < -0.4 is 0 Å². The molecule has 0 fully saturated rings. The molecular formula is C137H242. The minimum Gasteiger partial charge on any atom is -0.0683 e. The fraction of sp³-hybridized carbons (Fsp3) is 0.474. The molecule has 0 unspecified atom stereocenters. The molecule has 790 valence electrons. The third kappa shape index (κ3) is 115. The summed E-state index contributed by atoms with van der Waals surface area (Å²) in [5.41, 5.74) is 33.0. The van der Waals surface area contributed by atoms with Crippen molar-refractivity contribution in [3.05, 3.63) is 380 Å². The van der Waals surface area contributed by atoms with Crippen molar-refractivity contribution in [2.45, 2.75) is 450 Å². The van der Waals surface area contributed by atoms with Gasteiger partial charge in [0.1, 0.15) is 0 Å². The standard InChI is InChI=1S/4C14H14.C9H12.3C8H10.24C2H6/c1-11-3-7-13(8-4-11)14-9-5-12(2)6-10-14;1-11-5-3-7-13(9-11)14-8-4-6-12(2)10-14;1-11-6-8-13(9-7-11)14-5-3-4-12(2)10-14;1-11-7-9-13(10-8-11)14-6-4-3-5-12(14)2;1-7-4-8(2)6-9(3)5-7;1-7-3-5-8(2)6-4-7;1-7-4-3-5-8(2)6-7;1-7-5-3-4-6-8(7)2;24*1-2/h4*3-10H,1-2H3;4-6H,1-3H3;3*3-6H,1-2H3;24*1-2H3. The Bertz CT molecular complexity index is 3770. The quantitative estimate of drug-likeness (QED) is 0.165. The van der Waals surface area contributed by atoms with Gasteiger partial charge >= 0.3 is 0 Å². The maximum Gasteiger partial charge on any atom is -0.0155 e. The predicted octanol–water partition coefficient (Wildman–Crippen LogP) is 50.0. The lowest BCUT2D eigenvalue weighted by molar-refractivity contribution is 1.32. The third-order valence-corrected chi connectivity index (χ3v) is 14.9. The Labute approximate surface area is 868 Å². The molecule has 12 aromatic carbocycles. The lowest BCUT2D eigenvalue weighted by Gasteiger charge is -2.05. The highest BCUT2D eigenvalue weighted by Gasteiger charge is 2.02. The summed E-state index contributed by atoms with van der Waals surface area (Å²) >= 11 is 0. The molecule has 0 aliphatic heterocycles. The van der Waals surface area contributed by atoms with E-state index in [0.29, 0.717) is 0 Å². The van der Waals surface area contributed by atoms with Crippen LogP contribution in [0.2, 0.25) is 0 Å². The average molecular weight is 1890 g/mol. The topological polar surface area (TPSA) is 0 Å². The summed E-state index contributed by atoms with van der Waals surface area (Å²) in [7, 11) is 0. The SMILES string of the molecule is CC.CC.CC.CC.CC.CC.CC.CC.CC.CC.CC.CC.CC.CC.CC.CC.CC.CC.CC.CC.CC.CC.CC.CC.Cc1cc(C)cc(C)c1.Cc1ccc(-c2ccc(C)cc2)cc1.Cc1ccc(-c2cccc(C)c2)cc1.Cc1ccc(-c2ccccc2C)cc1.Cc1ccc(C)cc1.Cc1cccc(-c2cccc(C)c2)c1.Cc1cccc(C)c1.Cc1ccccc1C. The van der Waals surface area contributed by atoms with E-state index in [1.807, 2.05) is 332 Å². The highest BCUT2D eigenvalue weighted by Crippen LogP contribution is 2.25. The summed E-state index contributed by atoms with van der Waals surface area (Å²) in [5.74, 6) is 0. The van der Waals surface area contributed by atoms with Gasteiger partial charge in [0.05, 0.1) is 0 Å². The lowest BCUT2D eigenvalue weighted by atomic mass is 10.00. The Kier molecular flexibility index (Phi) is 203. The van der Waals surface area contributed by atoms with E-state index in [0.717, 1.165) is 0 Å². The summed E-state index contributed by atoms with van der Waals surface area (Å²) in [6.07, 6.45) is 0. The van der Waals surface area contributed by atoms with E-state index in [-0.39, 0.29) is 0 Å². The molecule has 0 aromatic heterocycles. The first kappa shape index (κ1) is 177. The monoisotopic (exact) mass is 1890 g/mol. The Morgan fingerprint density at radius 3 is 0.394 bits per heavy atom. The van der Waals surface area contributed by atoms with Crippen LogP contribution >= 0.6 is 0 Å². The minimum atomic E-state index is 1.29. The fourth-order valence-electron chi connectivity index (χ4n) is 9.65. The molecule has 0 spiro atoms. The van der Waals surface area contributed by atoms with Crippen molar-refractivity contribution >= 4 is 0 Å². The second-order valence-electron chi connectivity index (χ2n) is 23.9. The zero-order chi connectivity index (χ0) is 113. The van der Waals surface area contributed by atoms with Gasteiger partial charge in [0.25, 0.3) is 0 Å². The van der Waals surface area contributed by atoms with Crippen molar-refractivity contribution in [2.24, 2.45) is 0 Å². The van der Waals surface area contributed by atoms with Gasteiger partial charge in [0.15, 0.2) is 0 Å². The van der Waals surface area contributed by atoms with Crippen molar-refractivity contribution in [2.75, 3.05) is 0 Å². The molecule has 0 heteroatoms. The molecule has 137 heavy (non-hydrogen) atoms. The minimum absolute atomic E-state index is 1.29. The number of hydrogen-bond donors (Lipinski definition) is 0. The number of benzene rings is 12. The summed E-state index contributed by atoms with van der Waals surface area (Å²) in [6.45, 7) is 132. The first-order valence-electron chi connectivity index (χ1n) is 55.3. The van der Waals surface area contributed by atoms with Gasteiger partial charge in [-0.15, -0.1) is 0 Å². The van der Waals surface area contributed by atoms with Crippen LogP contribution in [0.4, 0.5) is 0 Å². The van der Waals surface area contributed by atoms with Crippen LogP contribution in [-0.4, -0.2) is 0 Å². The van der Waals surface area contributed by atoms with Crippen molar-refractivity contribution < 1.29 is 0 Å². The largest absolute Gasteiger partial charge is 0.0683 e. The van der Waals surface area contributed by atoms with Crippen LogP contribution in [0.15, 0.2) is 285 Å². The van der Waals surface area contributed by atoms with E-state index in [2.05, 4.69) is 403 Å². The predicted molar refractivity (Wildman–Crippen MR) is 666 cm³/mol. The molecule has 0 nitrogen and oxygen atoms in total. The number of hydrogen-bond acceptors (Lipinski definition) is 0. The molecule has 0 heterocycles. The molecule has 0 N–H and O–H groups in total. The Morgan fingerprint density at radius 2 is 0.226 bits per heavy atom. The first-order valence-corrected chi connectivity index (χ1v) is 55.3. The highest BCUT2D eigenvalue weighted by molar-refractivity contribution is 5.68. The maximum atomic E-state index is 2.22. The van der Waals surface area contributed by atoms with Gasteiger partial charge in [-0.2, -0.15) is 0 Å². The van der Waals surface area contributed by atoms with Gasteiger partial charge in [0, 0.05) is 0 Å². The van der Waals surface area contributed by atoms with Crippen molar-refractivity contribution in [1.82, 2.24) is 0 Å². The zero-order valence-corrected chi connectivity index (χ0v) is 105. The Morgan fingerprint density at radius 1 is 0.0876 bits per heavy atom. The smallest absolute Gasteiger partial charge is 0.0155 e. The second-order valence-corrected chi connectivity index (χ2v) is 23.9. The first-order chi connectivity index (χ1) is 66.6. The molecule has 0 bridgehead atoms. The Balaban J connectivity index is -0.0000000599. The van der Waals surface area contributed by atoms with Gasteiger partial charge in [-0.05, 0) is 179 Å².